The summed E-state index contributed by atoms with van der Waals surface area (Å²) in [5.74, 6) is -0.706. The van der Waals surface area contributed by atoms with Gasteiger partial charge in [0.15, 0.2) is 0 Å². The number of alkyl halides is 3. The minimum absolute atomic E-state index is 0.0693. The quantitative estimate of drug-likeness (QED) is 0.337. The maximum atomic E-state index is 12.9. The zero-order valence-corrected chi connectivity index (χ0v) is 18.8. The van der Waals surface area contributed by atoms with Crippen LogP contribution in [0.5, 0.6) is 0 Å². The van der Waals surface area contributed by atoms with Crippen molar-refractivity contribution in [2.24, 2.45) is 24.8 Å². The van der Waals surface area contributed by atoms with E-state index in [4.69, 9.17) is 4.74 Å². The summed E-state index contributed by atoms with van der Waals surface area (Å²) in [6.07, 6.45) is 3.73. The predicted molar refractivity (Wildman–Crippen MR) is 111 cm³/mol. The number of rotatable bonds is 4. The molecule has 0 N–H and O–H groups in total. The summed E-state index contributed by atoms with van der Waals surface area (Å²) in [7, 11) is -4.06. The van der Waals surface area contributed by atoms with Crippen LogP contribution in [-0.4, -0.2) is 55.1 Å². The third-order valence-electron chi connectivity index (χ3n) is 4.21. The number of thioether (sulfide) groups is 1. The van der Waals surface area contributed by atoms with Gasteiger partial charge in [0.2, 0.25) is 5.17 Å². The summed E-state index contributed by atoms with van der Waals surface area (Å²) in [6.45, 7) is 3.97. The van der Waals surface area contributed by atoms with Crippen molar-refractivity contribution >= 4 is 38.4 Å². The normalized spacial score (nSPS) is 24.8. The highest BCUT2D eigenvalue weighted by Crippen LogP contribution is 2.32. The Morgan fingerprint density at radius 1 is 1.25 bits per heavy atom. The zero-order valence-electron chi connectivity index (χ0n) is 17.1. The Bertz CT molecular complexity index is 1120. The van der Waals surface area contributed by atoms with Gasteiger partial charge in [-0.2, -0.15) is 26.0 Å². The summed E-state index contributed by atoms with van der Waals surface area (Å²) in [4.78, 5) is 1.79. The Morgan fingerprint density at radius 2 is 1.97 bits per heavy atom. The highest BCUT2D eigenvalue weighted by atomic mass is 32.2. The lowest BCUT2D eigenvalue weighted by Crippen LogP contribution is -2.31. The molecule has 0 atom stereocenters. The van der Waals surface area contributed by atoms with Gasteiger partial charge in [0.25, 0.3) is 0 Å². The van der Waals surface area contributed by atoms with E-state index in [2.05, 4.69) is 24.8 Å². The second-order valence-electron chi connectivity index (χ2n) is 7.05. The smallest absolute Gasteiger partial charge is 0.518 e. The molecule has 15 heteroatoms. The number of halogens is 3. The van der Waals surface area contributed by atoms with Gasteiger partial charge in [-0.1, -0.05) is 13.8 Å². The van der Waals surface area contributed by atoms with Crippen LogP contribution in [0.15, 0.2) is 59.2 Å². The molecule has 10 nitrogen and oxygen atoms in total. The first-order valence-electron chi connectivity index (χ1n) is 9.26. The third kappa shape index (κ3) is 5.38. The standard InChI is InChI=1S/C17H19F3N6O4S2/c1-9(2)30-15(27)14-22-24-16(31-14)23-21-11-7-10-5-4-6-26(3)13(10)8-12(11)25-32(28,29)17(18,19)20/h7-9,27H,4-6H2,1-3H3/p-1/b15-14+,21-11+,23-16+,25-12-. The monoisotopic (exact) mass is 491 g/mol. The van der Waals surface area contributed by atoms with Gasteiger partial charge in [0.1, 0.15) is 16.5 Å². The lowest BCUT2D eigenvalue weighted by molar-refractivity contribution is -0.362. The van der Waals surface area contributed by atoms with E-state index >= 15 is 0 Å². The predicted octanol–water partition coefficient (Wildman–Crippen LogP) is 2.65. The van der Waals surface area contributed by atoms with E-state index in [1.807, 2.05) is 0 Å². The van der Waals surface area contributed by atoms with E-state index in [0.29, 0.717) is 18.7 Å². The molecule has 1 saturated heterocycles. The van der Waals surface area contributed by atoms with E-state index in [1.54, 1.807) is 25.8 Å². The second-order valence-corrected chi connectivity index (χ2v) is 9.60. The fraction of sp³-hybridized carbons (Fsp3) is 0.471. The minimum atomic E-state index is -5.80. The third-order valence-corrected chi connectivity index (χ3v) is 6.02. The fourth-order valence-corrected chi connectivity index (χ4v) is 3.88. The van der Waals surface area contributed by atoms with Crippen LogP contribution in [0, 0.1) is 0 Å². The molecule has 3 rings (SSSR count). The average molecular weight is 491 g/mol. The first-order chi connectivity index (χ1) is 14.9. The van der Waals surface area contributed by atoms with Crippen molar-refractivity contribution in [2.75, 3.05) is 13.6 Å². The number of piperidine rings is 1. The van der Waals surface area contributed by atoms with E-state index in [0.717, 1.165) is 23.8 Å². The highest BCUT2D eigenvalue weighted by Gasteiger charge is 2.46. The molecule has 174 valence electrons. The van der Waals surface area contributed by atoms with Crippen LogP contribution in [0.1, 0.15) is 26.7 Å². The number of allylic oxidation sites excluding steroid dienone is 3. The molecule has 0 saturated carbocycles. The number of fused-ring (bicyclic) bond motifs is 1. The van der Waals surface area contributed by atoms with E-state index < -0.39 is 27.2 Å². The van der Waals surface area contributed by atoms with E-state index in [-0.39, 0.29) is 22.0 Å². The number of ether oxygens (including phenoxy) is 1. The maximum Gasteiger partial charge on any atom is 0.518 e. The van der Waals surface area contributed by atoms with Crippen molar-refractivity contribution in [1.29, 1.82) is 0 Å². The first kappa shape index (κ1) is 24.0. The molecule has 1 aliphatic carbocycles. The fourth-order valence-electron chi connectivity index (χ4n) is 2.83. The summed E-state index contributed by atoms with van der Waals surface area (Å²) in [5, 5.41) is 26.7. The van der Waals surface area contributed by atoms with Crippen molar-refractivity contribution in [3.8, 4) is 0 Å². The summed E-state index contributed by atoms with van der Waals surface area (Å²) < 4.78 is 69.8. The van der Waals surface area contributed by atoms with Crippen LogP contribution >= 0.6 is 11.8 Å². The Hall–Kier alpha value is -2.68. The SMILES string of the molecule is CC(C)O/C([O-])=C1N=N\C(=N/N=C2\C=C3CCCN(C)C3=C\C2=N\S(=O)(=O)C(F)(F)F)S\1. The van der Waals surface area contributed by atoms with Crippen LogP contribution in [0.25, 0.3) is 0 Å². The maximum absolute atomic E-state index is 12.9. The summed E-state index contributed by atoms with van der Waals surface area (Å²) in [6, 6.07) is 0. The van der Waals surface area contributed by atoms with Crippen molar-refractivity contribution in [2.45, 2.75) is 38.3 Å². The zero-order chi connectivity index (χ0) is 23.7. The van der Waals surface area contributed by atoms with Crippen LogP contribution in [0.2, 0.25) is 0 Å². The van der Waals surface area contributed by atoms with Crippen molar-refractivity contribution in [3.63, 3.8) is 0 Å². The molecule has 32 heavy (non-hydrogen) atoms. The van der Waals surface area contributed by atoms with Crippen LogP contribution in [0.3, 0.4) is 0 Å². The number of nitrogens with zero attached hydrogens (tertiary/aromatic N) is 6. The van der Waals surface area contributed by atoms with Gasteiger partial charge >= 0.3 is 15.5 Å². The topological polar surface area (TPSA) is 131 Å². The molecule has 0 aromatic heterocycles. The minimum Gasteiger partial charge on any atom is -0.609 e. The highest BCUT2D eigenvalue weighted by molar-refractivity contribution is 8.17. The largest absolute Gasteiger partial charge is 0.609 e. The number of likely N-dealkylation sites (tertiary alicyclic amines) is 1. The number of hydrogen-bond acceptors (Lipinski definition) is 9. The van der Waals surface area contributed by atoms with Gasteiger partial charge in [-0.3, -0.25) is 0 Å². The Morgan fingerprint density at radius 3 is 2.62 bits per heavy atom. The molecule has 0 bridgehead atoms. The summed E-state index contributed by atoms with van der Waals surface area (Å²) >= 11 is 0.760. The van der Waals surface area contributed by atoms with Crippen LogP contribution in [0.4, 0.5) is 13.2 Å². The Kier molecular flexibility index (Phi) is 6.78. The first-order valence-corrected chi connectivity index (χ1v) is 11.5. The van der Waals surface area contributed by atoms with E-state index in [9.17, 15) is 26.7 Å². The van der Waals surface area contributed by atoms with Gasteiger partial charge in [-0.25, -0.2) is 0 Å². The molecule has 0 aromatic rings. The van der Waals surface area contributed by atoms with Gasteiger partial charge in [0, 0.05) is 19.3 Å². The molecule has 3 aliphatic rings. The number of likely N-dealkylation sites (N-methyl/N-ethyl adjacent to an activating group) is 1. The molecule has 0 unspecified atom stereocenters. The average Bonchev–Trinajstić information content (AvgIpc) is 3.14. The lowest BCUT2D eigenvalue weighted by atomic mass is 9.93. The van der Waals surface area contributed by atoms with Gasteiger partial charge in [0.05, 0.1) is 5.95 Å². The number of amidine groups is 1. The number of sulfonamides is 1. The van der Waals surface area contributed by atoms with Gasteiger partial charge in [-0.15, -0.1) is 20.4 Å². The van der Waals surface area contributed by atoms with Crippen molar-refractivity contribution in [3.05, 3.63) is 34.4 Å². The van der Waals surface area contributed by atoms with Crippen molar-refractivity contribution < 1.29 is 31.4 Å². The Balaban J connectivity index is 1.98. The molecular weight excluding hydrogens is 473 g/mol. The van der Waals surface area contributed by atoms with Crippen LogP contribution < -0.4 is 5.11 Å². The molecule has 0 aromatic carbocycles. The summed E-state index contributed by atoms with van der Waals surface area (Å²) in [5.41, 5.74) is -4.94. The van der Waals surface area contributed by atoms with Crippen LogP contribution in [-0.2, 0) is 14.8 Å². The Labute approximate surface area is 186 Å². The molecule has 2 aliphatic heterocycles. The second kappa shape index (κ2) is 9.05. The van der Waals surface area contributed by atoms with Crippen molar-refractivity contribution in [1.82, 2.24) is 4.90 Å². The molecular formula is C17H18F3N6O4S2-. The number of azo groups is 1. The van der Waals surface area contributed by atoms with Gasteiger partial charge < -0.3 is 14.7 Å². The number of hydrogen-bond donors (Lipinski definition) is 0. The molecule has 2 heterocycles. The van der Waals surface area contributed by atoms with E-state index in [1.165, 1.54) is 12.2 Å². The van der Waals surface area contributed by atoms with Gasteiger partial charge in [-0.05, 0) is 48.4 Å². The molecule has 0 radical (unpaired) electrons. The molecule has 1 fully saturated rings. The lowest BCUT2D eigenvalue weighted by Gasteiger charge is -2.32. The molecule has 0 amide bonds. The molecule has 0 spiro atoms.